The van der Waals surface area contributed by atoms with E-state index in [1.54, 1.807) is 0 Å². The summed E-state index contributed by atoms with van der Waals surface area (Å²) in [7, 11) is 0. The average Bonchev–Trinajstić information content (AvgIpc) is 2.71. The van der Waals surface area contributed by atoms with E-state index in [-0.39, 0.29) is 0 Å². The molecule has 2 aliphatic heterocycles. The van der Waals surface area contributed by atoms with Crippen LogP contribution in [0.25, 0.3) is 12.2 Å². The Labute approximate surface area is 69.5 Å². The maximum atomic E-state index is 5.47. The van der Waals surface area contributed by atoms with Gasteiger partial charge in [-0.05, 0) is 24.3 Å². The summed E-state index contributed by atoms with van der Waals surface area (Å²) >= 11 is 0. The summed E-state index contributed by atoms with van der Waals surface area (Å²) in [5.74, 6) is 0.991. The van der Waals surface area contributed by atoms with Crippen LogP contribution in [-0.4, -0.2) is 6.61 Å². The number of ether oxygens (including phenoxy) is 1. The Kier molecular flexibility index (Phi) is 0.987. The predicted molar refractivity (Wildman–Crippen MR) is 46.2 cm³/mol. The summed E-state index contributed by atoms with van der Waals surface area (Å²) < 4.78 is 5.47. The normalized spacial score (nSPS) is 16.0. The molecule has 0 N–H and O–H groups in total. The van der Waals surface area contributed by atoms with Crippen molar-refractivity contribution in [2.24, 2.45) is 4.99 Å². The van der Waals surface area contributed by atoms with Gasteiger partial charge in [-0.3, -0.25) is 4.99 Å². The Morgan fingerprint density at radius 1 is 1.33 bits per heavy atom. The number of hydrogen-bond donors (Lipinski definition) is 0. The van der Waals surface area contributed by atoms with Crippen LogP contribution in [0, 0.1) is 0 Å². The molecule has 2 heteroatoms. The van der Waals surface area contributed by atoms with Crippen LogP contribution in [0.4, 0.5) is 0 Å². The van der Waals surface area contributed by atoms with Gasteiger partial charge in [0.15, 0.2) is 0 Å². The molecule has 1 aromatic carbocycles. The summed E-state index contributed by atoms with van der Waals surface area (Å²) in [4.78, 5) is 4.20. The first-order valence-corrected chi connectivity index (χ1v) is 3.95. The Bertz CT molecular complexity index is 485. The molecule has 0 unspecified atom stereocenters. The van der Waals surface area contributed by atoms with Crippen molar-refractivity contribution in [1.82, 2.24) is 0 Å². The lowest BCUT2D eigenvalue weighted by Crippen LogP contribution is -2.10. The van der Waals surface area contributed by atoms with Crippen LogP contribution in [0.1, 0.15) is 5.56 Å². The fraction of sp³-hybridized carbons (Fsp3) is 0.100. The van der Waals surface area contributed by atoms with Crippen LogP contribution < -0.4 is 15.3 Å². The Morgan fingerprint density at radius 3 is 3.33 bits per heavy atom. The molecular weight excluding hydrogens is 150 g/mol. The fourth-order valence-corrected chi connectivity index (χ4v) is 1.61. The molecule has 0 bridgehead atoms. The molecule has 2 aliphatic rings. The van der Waals surface area contributed by atoms with Crippen molar-refractivity contribution in [3.8, 4) is 5.75 Å². The molecule has 1 aromatic rings. The van der Waals surface area contributed by atoms with Crippen LogP contribution in [0.15, 0.2) is 23.3 Å². The second kappa shape index (κ2) is 1.97. The molecule has 2 heterocycles. The van der Waals surface area contributed by atoms with E-state index in [9.17, 15) is 0 Å². The van der Waals surface area contributed by atoms with Gasteiger partial charge >= 0.3 is 0 Å². The van der Waals surface area contributed by atoms with Gasteiger partial charge in [0.1, 0.15) is 12.4 Å². The van der Waals surface area contributed by atoms with Gasteiger partial charge in [0.2, 0.25) is 0 Å². The van der Waals surface area contributed by atoms with Crippen LogP contribution >= 0.6 is 0 Å². The highest BCUT2D eigenvalue weighted by molar-refractivity contribution is 5.62. The predicted octanol–water partition coefficient (Wildman–Crippen LogP) is 0.463. The molecule has 0 saturated heterocycles. The van der Waals surface area contributed by atoms with E-state index in [1.165, 1.54) is 5.22 Å². The van der Waals surface area contributed by atoms with Crippen molar-refractivity contribution >= 4 is 12.2 Å². The van der Waals surface area contributed by atoms with E-state index in [0.717, 1.165) is 16.7 Å². The lowest BCUT2D eigenvalue weighted by molar-refractivity contribution is 0.384. The smallest absolute Gasteiger partial charge is 0.136 e. The number of hydrogen-bond acceptors (Lipinski definition) is 2. The third kappa shape index (κ3) is 0.619. The fourth-order valence-electron chi connectivity index (χ4n) is 1.61. The van der Waals surface area contributed by atoms with Crippen molar-refractivity contribution in [2.75, 3.05) is 6.61 Å². The molecule has 12 heavy (non-hydrogen) atoms. The van der Waals surface area contributed by atoms with Gasteiger partial charge in [-0.25, -0.2) is 0 Å². The van der Waals surface area contributed by atoms with Gasteiger partial charge in [-0.15, -0.1) is 0 Å². The number of rotatable bonds is 0. The highest BCUT2D eigenvalue weighted by atomic mass is 16.5. The Balaban J connectivity index is 2.50. The SMILES string of the molecule is C1=Cc2c3c(ccc2=N1)=CCO3. The molecule has 0 radical (unpaired) electrons. The summed E-state index contributed by atoms with van der Waals surface area (Å²) in [6.07, 6.45) is 5.89. The molecule has 0 atom stereocenters. The monoisotopic (exact) mass is 157 g/mol. The van der Waals surface area contributed by atoms with E-state index in [4.69, 9.17) is 4.74 Å². The summed E-state index contributed by atoms with van der Waals surface area (Å²) in [5, 5.41) is 2.21. The quantitative estimate of drug-likeness (QED) is 0.536. The molecule has 3 rings (SSSR count). The minimum absolute atomic E-state index is 0.694. The van der Waals surface area contributed by atoms with Crippen molar-refractivity contribution in [3.05, 3.63) is 34.5 Å². The van der Waals surface area contributed by atoms with Crippen LogP contribution in [0.2, 0.25) is 0 Å². The number of fused-ring (bicyclic) bond motifs is 3. The number of benzene rings is 1. The first kappa shape index (κ1) is 6.00. The van der Waals surface area contributed by atoms with Crippen molar-refractivity contribution in [3.63, 3.8) is 0 Å². The minimum Gasteiger partial charge on any atom is -0.488 e. The second-order valence-electron chi connectivity index (χ2n) is 2.88. The van der Waals surface area contributed by atoms with E-state index >= 15 is 0 Å². The van der Waals surface area contributed by atoms with Gasteiger partial charge in [0.05, 0.1) is 5.36 Å². The zero-order valence-electron chi connectivity index (χ0n) is 6.45. The van der Waals surface area contributed by atoms with Crippen LogP contribution in [0.5, 0.6) is 5.75 Å². The first-order valence-electron chi connectivity index (χ1n) is 3.95. The second-order valence-corrected chi connectivity index (χ2v) is 2.88. The van der Waals surface area contributed by atoms with Gasteiger partial charge in [0, 0.05) is 17.0 Å². The van der Waals surface area contributed by atoms with E-state index < -0.39 is 0 Å². The molecule has 0 aliphatic carbocycles. The molecular formula is C10H7NO. The molecule has 58 valence electrons. The van der Waals surface area contributed by atoms with Gasteiger partial charge < -0.3 is 4.74 Å². The first-order chi connectivity index (χ1) is 5.95. The van der Waals surface area contributed by atoms with Crippen molar-refractivity contribution in [2.45, 2.75) is 0 Å². The highest BCUT2D eigenvalue weighted by Crippen LogP contribution is 2.16. The van der Waals surface area contributed by atoms with E-state index in [1.807, 2.05) is 18.3 Å². The minimum atomic E-state index is 0.694. The lowest BCUT2D eigenvalue weighted by Gasteiger charge is -1.99. The van der Waals surface area contributed by atoms with Gasteiger partial charge in [-0.2, -0.15) is 0 Å². The maximum absolute atomic E-state index is 5.47. The summed E-state index contributed by atoms with van der Waals surface area (Å²) in [6.45, 7) is 0.694. The summed E-state index contributed by atoms with van der Waals surface area (Å²) in [6, 6.07) is 4.08. The highest BCUT2D eigenvalue weighted by Gasteiger charge is 2.11. The van der Waals surface area contributed by atoms with E-state index in [2.05, 4.69) is 17.1 Å². The lowest BCUT2D eigenvalue weighted by atomic mass is 10.1. The van der Waals surface area contributed by atoms with Crippen molar-refractivity contribution < 1.29 is 4.74 Å². The molecule has 0 fully saturated rings. The van der Waals surface area contributed by atoms with Gasteiger partial charge in [0.25, 0.3) is 0 Å². The largest absolute Gasteiger partial charge is 0.488 e. The van der Waals surface area contributed by atoms with Crippen molar-refractivity contribution in [1.29, 1.82) is 0 Å². The molecule has 0 spiro atoms. The summed E-state index contributed by atoms with van der Waals surface area (Å²) in [5.41, 5.74) is 1.13. The third-order valence-corrected chi connectivity index (χ3v) is 2.19. The standard InChI is InChI=1S/C10H7NO/c1-2-9-8(3-5-11-9)10-7(1)4-6-12-10/h1-5H,6H2. The van der Waals surface area contributed by atoms with Crippen LogP contribution in [-0.2, 0) is 0 Å². The Morgan fingerprint density at radius 2 is 2.33 bits per heavy atom. The molecule has 0 aromatic heterocycles. The third-order valence-electron chi connectivity index (χ3n) is 2.19. The zero-order valence-corrected chi connectivity index (χ0v) is 6.45. The van der Waals surface area contributed by atoms with E-state index in [0.29, 0.717) is 6.61 Å². The topological polar surface area (TPSA) is 21.6 Å². The van der Waals surface area contributed by atoms with Gasteiger partial charge in [-0.1, -0.05) is 0 Å². The van der Waals surface area contributed by atoms with Crippen LogP contribution in [0.3, 0.4) is 0 Å². The zero-order chi connectivity index (χ0) is 7.97. The Hall–Kier alpha value is -1.57. The number of nitrogens with zero attached hydrogens (tertiary/aromatic N) is 1. The molecule has 0 saturated carbocycles. The maximum Gasteiger partial charge on any atom is 0.136 e. The average molecular weight is 157 g/mol. The molecule has 0 amide bonds. The molecule has 2 nitrogen and oxygen atoms in total.